The van der Waals surface area contributed by atoms with Crippen LogP contribution in [0.5, 0.6) is 5.75 Å². The van der Waals surface area contributed by atoms with Crippen LogP contribution in [0.4, 0.5) is 0 Å². The number of hydrogen-bond donors (Lipinski definition) is 2. The lowest BCUT2D eigenvalue weighted by atomic mass is 10.1. The van der Waals surface area contributed by atoms with Crippen molar-refractivity contribution >= 4 is 11.9 Å². The van der Waals surface area contributed by atoms with Crippen molar-refractivity contribution < 1.29 is 19.4 Å². The molecule has 0 saturated carbocycles. The molecule has 110 valence electrons. The molecule has 1 unspecified atom stereocenters. The molecule has 1 atom stereocenters. The number of carbonyl (C=O) groups is 2. The van der Waals surface area contributed by atoms with E-state index in [0.717, 1.165) is 18.4 Å². The van der Waals surface area contributed by atoms with E-state index in [0.29, 0.717) is 12.3 Å². The second kappa shape index (κ2) is 8.19. The quantitative estimate of drug-likeness (QED) is 0.765. The van der Waals surface area contributed by atoms with Gasteiger partial charge in [-0.15, -0.1) is 0 Å². The number of benzene rings is 1. The molecule has 1 amide bonds. The fourth-order valence-corrected chi connectivity index (χ4v) is 1.82. The molecular weight excluding hydrogens is 258 g/mol. The normalized spacial score (nSPS) is 11.7. The van der Waals surface area contributed by atoms with Crippen LogP contribution >= 0.6 is 0 Å². The maximum atomic E-state index is 11.8. The Morgan fingerprint density at radius 3 is 2.80 bits per heavy atom. The van der Waals surface area contributed by atoms with Crippen molar-refractivity contribution in [3.63, 3.8) is 0 Å². The molecular formula is C15H21NO4. The number of ether oxygens (including phenoxy) is 1. The number of carbonyl (C=O) groups excluding carboxylic acids is 1. The van der Waals surface area contributed by atoms with Gasteiger partial charge in [-0.3, -0.25) is 4.79 Å². The fraction of sp³-hybridized carbons (Fsp3) is 0.467. The van der Waals surface area contributed by atoms with Crippen LogP contribution in [0.1, 0.15) is 32.3 Å². The smallest absolute Gasteiger partial charge is 0.341 e. The van der Waals surface area contributed by atoms with Crippen molar-refractivity contribution in [1.29, 1.82) is 0 Å². The van der Waals surface area contributed by atoms with Gasteiger partial charge < -0.3 is 15.2 Å². The van der Waals surface area contributed by atoms with E-state index in [4.69, 9.17) is 9.84 Å². The summed E-state index contributed by atoms with van der Waals surface area (Å²) in [6, 6.07) is 7.05. The van der Waals surface area contributed by atoms with Gasteiger partial charge in [-0.1, -0.05) is 32.4 Å². The molecule has 1 aromatic rings. The fourth-order valence-electron chi connectivity index (χ4n) is 1.82. The summed E-state index contributed by atoms with van der Waals surface area (Å²) in [5.41, 5.74) is 0.880. The van der Waals surface area contributed by atoms with Crippen molar-refractivity contribution in [3.05, 3.63) is 29.8 Å². The Kier molecular flexibility index (Phi) is 6.56. The molecule has 5 heteroatoms. The lowest BCUT2D eigenvalue weighted by molar-refractivity contribution is -0.139. The minimum absolute atomic E-state index is 0.00597. The zero-order valence-corrected chi connectivity index (χ0v) is 11.9. The Labute approximate surface area is 118 Å². The molecule has 0 radical (unpaired) electrons. The first-order chi connectivity index (χ1) is 9.52. The van der Waals surface area contributed by atoms with Gasteiger partial charge in [-0.05, 0) is 24.1 Å². The van der Waals surface area contributed by atoms with E-state index < -0.39 is 5.97 Å². The second-order valence-electron chi connectivity index (χ2n) is 4.74. The highest BCUT2D eigenvalue weighted by atomic mass is 16.5. The summed E-state index contributed by atoms with van der Waals surface area (Å²) >= 11 is 0. The van der Waals surface area contributed by atoms with Crippen LogP contribution < -0.4 is 10.1 Å². The van der Waals surface area contributed by atoms with E-state index in [1.165, 1.54) is 0 Å². The van der Waals surface area contributed by atoms with E-state index in [1.807, 2.05) is 19.9 Å². The number of rotatable bonds is 8. The van der Waals surface area contributed by atoms with Crippen LogP contribution in [0.2, 0.25) is 0 Å². The molecule has 0 saturated heterocycles. The lowest BCUT2D eigenvalue weighted by Crippen LogP contribution is -2.28. The third-order valence-corrected chi connectivity index (χ3v) is 2.90. The predicted octanol–water partition coefficient (Wildman–Crippen LogP) is 2.20. The van der Waals surface area contributed by atoms with Crippen molar-refractivity contribution in [3.8, 4) is 5.75 Å². The maximum absolute atomic E-state index is 11.8. The summed E-state index contributed by atoms with van der Waals surface area (Å²) in [6.45, 7) is 4.00. The van der Waals surface area contributed by atoms with Crippen LogP contribution in [0.25, 0.3) is 0 Å². The molecule has 1 aromatic carbocycles. The molecule has 20 heavy (non-hydrogen) atoms. The molecule has 0 heterocycles. The molecule has 1 rings (SSSR count). The number of amides is 1. The summed E-state index contributed by atoms with van der Waals surface area (Å²) < 4.78 is 5.09. The SMILES string of the molecule is CCCC(C)C(=O)NCc1cccc(OCC(=O)O)c1. The first kappa shape index (κ1) is 16.0. The number of aliphatic carboxylic acids is 1. The molecule has 0 fully saturated rings. The molecule has 5 nitrogen and oxygen atoms in total. The summed E-state index contributed by atoms with van der Waals surface area (Å²) in [5, 5.41) is 11.4. The van der Waals surface area contributed by atoms with Crippen molar-refractivity contribution in [1.82, 2.24) is 5.32 Å². The summed E-state index contributed by atoms with van der Waals surface area (Å²) in [7, 11) is 0. The third-order valence-electron chi connectivity index (χ3n) is 2.90. The lowest BCUT2D eigenvalue weighted by Gasteiger charge is -2.11. The van der Waals surface area contributed by atoms with Crippen LogP contribution in [0.15, 0.2) is 24.3 Å². The molecule has 0 aromatic heterocycles. The highest BCUT2D eigenvalue weighted by Crippen LogP contribution is 2.13. The Morgan fingerprint density at radius 2 is 2.15 bits per heavy atom. The van der Waals surface area contributed by atoms with Gasteiger partial charge >= 0.3 is 5.97 Å². The van der Waals surface area contributed by atoms with Crippen LogP contribution in [-0.4, -0.2) is 23.6 Å². The van der Waals surface area contributed by atoms with Gasteiger partial charge in [0, 0.05) is 12.5 Å². The van der Waals surface area contributed by atoms with Gasteiger partial charge in [0.15, 0.2) is 6.61 Å². The topological polar surface area (TPSA) is 75.6 Å². The van der Waals surface area contributed by atoms with Gasteiger partial charge in [-0.25, -0.2) is 4.79 Å². The number of carboxylic acid groups (broad SMARTS) is 1. The van der Waals surface area contributed by atoms with E-state index in [1.54, 1.807) is 18.2 Å². The van der Waals surface area contributed by atoms with Crippen LogP contribution in [0, 0.1) is 5.92 Å². The van der Waals surface area contributed by atoms with Gasteiger partial charge in [0.1, 0.15) is 5.75 Å². The van der Waals surface area contributed by atoms with Crippen molar-refractivity contribution in [2.45, 2.75) is 33.2 Å². The maximum Gasteiger partial charge on any atom is 0.341 e. The molecule has 0 bridgehead atoms. The number of hydrogen-bond acceptors (Lipinski definition) is 3. The molecule has 2 N–H and O–H groups in total. The largest absolute Gasteiger partial charge is 0.482 e. The van der Waals surface area contributed by atoms with Gasteiger partial charge in [-0.2, -0.15) is 0 Å². The number of nitrogens with one attached hydrogen (secondary N) is 1. The molecule has 0 aliphatic carbocycles. The van der Waals surface area contributed by atoms with Crippen LogP contribution in [-0.2, 0) is 16.1 Å². The number of carboxylic acids is 1. The Morgan fingerprint density at radius 1 is 1.40 bits per heavy atom. The zero-order valence-electron chi connectivity index (χ0n) is 11.9. The average molecular weight is 279 g/mol. The Hall–Kier alpha value is -2.04. The molecule has 0 spiro atoms. The first-order valence-corrected chi connectivity index (χ1v) is 6.74. The summed E-state index contributed by atoms with van der Waals surface area (Å²) in [4.78, 5) is 22.2. The van der Waals surface area contributed by atoms with Gasteiger partial charge in [0.25, 0.3) is 0 Å². The Balaban J connectivity index is 2.49. The summed E-state index contributed by atoms with van der Waals surface area (Å²) in [5.74, 6) is -0.493. The molecule has 0 aliphatic rings. The first-order valence-electron chi connectivity index (χ1n) is 6.74. The summed E-state index contributed by atoms with van der Waals surface area (Å²) in [6.07, 6.45) is 1.85. The highest BCUT2D eigenvalue weighted by molar-refractivity contribution is 5.78. The van der Waals surface area contributed by atoms with E-state index in [9.17, 15) is 9.59 Å². The van der Waals surface area contributed by atoms with E-state index >= 15 is 0 Å². The van der Waals surface area contributed by atoms with Crippen LogP contribution in [0.3, 0.4) is 0 Å². The van der Waals surface area contributed by atoms with Crippen molar-refractivity contribution in [2.24, 2.45) is 5.92 Å². The molecule has 0 aliphatic heterocycles. The second-order valence-corrected chi connectivity index (χ2v) is 4.74. The van der Waals surface area contributed by atoms with E-state index in [2.05, 4.69) is 5.32 Å². The van der Waals surface area contributed by atoms with Gasteiger partial charge in [0.05, 0.1) is 0 Å². The van der Waals surface area contributed by atoms with Gasteiger partial charge in [0.2, 0.25) is 5.91 Å². The minimum Gasteiger partial charge on any atom is -0.482 e. The average Bonchev–Trinajstić information content (AvgIpc) is 2.43. The third kappa shape index (κ3) is 5.73. The minimum atomic E-state index is -1.02. The monoisotopic (exact) mass is 279 g/mol. The van der Waals surface area contributed by atoms with Crippen molar-refractivity contribution in [2.75, 3.05) is 6.61 Å². The highest BCUT2D eigenvalue weighted by Gasteiger charge is 2.11. The zero-order chi connectivity index (χ0) is 15.0. The standard InChI is InChI=1S/C15H21NO4/c1-3-5-11(2)15(19)16-9-12-6-4-7-13(8-12)20-10-14(17)18/h4,6-8,11H,3,5,9-10H2,1-2H3,(H,16,19)(H,17,18). The Bertz CT molecular complexity index is 459. The van der Waals surface area contributed by atoms with E-state index in [-0.39, 0.29) is 18.4 Å². The predicted molar refractivity (Wildman–Crippen MR) is 75.5 cm³/mol.